The fraction of sp³-hybridized carbons (Fsp3) is 0.471. The van der Waals surface area contributed by atoms with Gasteiger partial charge in [-0.25, -0.2) is 9.37 Å². The summed E-state index contributed by atoms with van der Waals surface area (Å²) in [5, 5.41) is 7.33. The van der Waals surface area contributed by atoms with Crippen molar-refractivity contribution in [3.05, 3.63) is 47.8 Å². The van der Waals surface area contributed by atoms with Gasteiger partial charge in [-0.05, 0) is 24.6 Å². The molecule has 144 valence electrons. The average Bonchev–Trinajstić information content (AvgIpc) is 3.00. The Labute approximate surface area is 170 Å². The predicted molar refractivity (Wildman–Crippen MR) is 110 cm³/mol. The third kappa shape index (κ3) is 6.20. The second-order valence-electron chi connectivity index (χ2n) is 5.63. The van der Waals surface area contributed by atoms with Gasteiger partial charge in [-0.3, -0.25) is 9.67 Å². The number of aliphatic imine (C=N–C) groups is 1. The molecular weight excluding hydrogens is 450 g/mol. The first-order valence-electron chi connectivity index (χ1n) is 8.15. The zero-order valence-electron chi connectivity index (χ0n) is 15.5. The molecule has 0 amide bonds. The summed E-state index contributed by atoms with van der Waals surface area (Å²) in [6.45, 7) is 3.76. The molecule has 7 nitrogen and oxygen atoms in total. The molecular formula is C17H26FIN6O. The fourth-order valence-electron chi connectivity index (χ4n) is 2.38. The molecule has 0 saturated heterocycles. The average molecular weight is 476 g/mol. The summed E-state index contributed by atoms with van der Waals surface area (Å²) in [7, 11) is 5.42. The fourth-order valence-corrected chi connectivity index (χ4v) is 2.38. The second kappa shape index (κ2) is 11.1. The van der Waals surface area contributed by atoms with Crippen molar-refractivity contribution in [3.63, 3.8) is 0 Å². The van der Waals surface area contributed by atoms with Crippen LogP contribution in [0.3, 0.4) is 0 Å². The Kier molecular flexibility index (Phi) is 9.49. The molecule has 0 bridgehead atoms. The topological polar surface area (TPSA) is 67.6 Å². The van der Waals surface area contributed by atoms with Gasteiger partial charge in [0.05, 0.1) is 13.1 Å². The smallest absolute Gasteiger partial charge is 0.194 e. The van der Waals surface area contributed by atoms with Gasteiger partial charge in [0.2, 0.25) is 0 Å². The molecule has 26 heavy (non-hydrogen) atoms. The number of rotatable bonds is 7. The third-order valence-electron chi connectivity index (χ3n) is 3.81. The summed E-state index contributed by atoms with van der Waals surface area (Å²) >= 11 is 0. The van der Waals surface area contributed by atoms with Gasteiger partial charge in [0.1, 0.15) is 24.1 Å². The van der Waals surface area contributed by atoms with Crippen molar-refractivity contribution in [2.75, 3.05) is 27.2 Å². The molecule has 1 heterocycles. The van der Waals surface area contributed by atoms with Gasteiger partial charge >= 0.3 is 0 Å². The van der Waals surface area contributed by atoms with Gasteiger partial charge in [0.25, 0.3) is 0 Å². The number of guanidine groups is 1. The van der Waals surface area contributed by atoms with Crippen molar-refractivity contribution < 1.29 is 9.13 Å². The van der Waals surface area contributed by atoms with Crippen LogP contribution in [0.2, 0.25) is 0 Å². The predicted octanol–water partition coefficient (Wildman–Crippen LogP) is 2.36. The molecule has 2 rings (SSSR count). The van der Waals surface area contributed by atoms with Crippen LogP contribution in [0.1, 0.15) is 24.4 Å². The number of benzene rings is 1. The van der Waals surface area contributed by atoms with Crippen LogP contribution in [-0.2, 0) is 18.3 Å². The number of ether oxygens (including phenoxy) is 1. The van der Waals surface area contributed by atoms with Crippen molar-refractivity contribution in [2.45, 2.75) is 19.6 Å². The van der Waals surface area contributed by atoms with Crippen LogP contribution < -0.4 is 5.32 Å². The van der Waals surface area contributed by atoms with Gasteiger partial charge in [-0.2, -0.15) is 5.10 Å². The lowest BCUT2D eigenvalue weighted by molar-refractivity contribution is 0.110. The molecule has 1 N–H and O–H groups in total. The van der Waals surface area contributed by atoms with E-state index in [0.29, 0.717) is 13.1 Å². The molecule has 0 aliphatic rings. The Bertz CT molecular complexity index is 691. The Morgan fingerprint density at radius 3 is 2.62 bits per heavy atom. The molecule has 0 saturated carbocycles. The highest BCUT2D eigenvalue weighted by atomic mass is 127. The number of hydrogen-bond acceptors (Lipinski definition) is 4. The van der Waals surface area contributed by atoms with Gasteiger partial charge in [0, 0.05) is 27.7 Å². The van der Waals surface area contributed by atoms with Crippen molar-refractivity contribution in [1.82, 2.24) is 25.0 Å². The lowest BCUT2D eigenvalue weighted by Crippen LogP contribution is -2.39. The van der Waals surface area contributed by atoms with Gasteiger partial charge in [-0.1, -0.05) is 12.1 Å². The van der Waals surface area contributed by atoms with E-state index in [2.05, 4.69) is 20.4 Å². The first kappa shape index (κ1) is 22.3. The van der Waals surface area contributed by atoms with Gasteiger partial charge < -0.3 is 15.0 Å². The van der Waals surface area contributed by atoms with Crippen LogP contribution in [0.4, 0.5) is 4.39 Å². The van der Waals surface area contributed by atoms with Crippen LogP contribution >= 0.6 is 24.0 Å². The lowest BCUT2D eigenvalue weighted by atomic mass is 10.1. The van der Waals surface area contributed by atoms with E-state index >= 15 is 0 Å². The van der Waals surface area contributed by atoms with Crippen molar-refractivity contribution in [1.29, 1.82) is 0 Å². The molecule has 0 fully saturated rings. The number of aryl methyl sites for hydroxylation is 1. The summed E-state index contributed by atoms with van der Waals surface area (Å²) in [4.78, 5) is 10.9. The summed E-state index contributed by atoms with van der Waals surface area (Å²) < 4.78 is 20.3. The number of nitrogens with zero attached hydrogens (tertiary/aromatic N) is 5. The molecule has 1 aromatic carbocycles. The SMILES string of the molecule is CCNC(=NCC(OC)c1ccc(F)cc1)N(C)Cc1ncnn1C.I. The van der Waals surface area contributed by atoms with Crippen molar-refractivity contribution in [3.8, 4) is 0 Å². The monoisotopic (exact) mass is 476 g/mol. The Balaban J connectivity index is 0.00000338. The lowest BCUT2D eigenvalue weighted by Gasteiger charge is -2.22. The first-order chi connectivity index (χ1) is 12.0. The van der Waals surface area contributed by atoms with Crippen LogP contribution in [0, 0.1) is 5.82 Å². The van der Waals surface area contributed by atoms with Crippen molar-refractivity contribution in [2.24, 2.45) is 12.0 Å². The summed E-state index contributed by atoms with van der Waals surface area (Å²) in [5.41, 5.74) is 0.888. The largest absolute Gasteiger partial charge is 0.375 e. The zero-order chi connectivity index (χ0) is 18.2. The summed E-state index contributed by atoms with van der Waals surface area (Å²) in [5.74, 6) is 1.32. The van der Waals surface area contributed by atoms with Crippen LogP contribution in [0.5, 0.6) is 0 Å². The highest BCUT2D eigenvalue weighted by Crippen LogP contribution is 2.17. The number of nitrogens with one attached hydrogen (secondary N) is 1. The van der Waals surface area contributed by atoms with Crippen LogP contribution in [-0.4, -0.2) is 52.9 Å². The minimum Gasteiger partial charge on any atom is -0.375 e. The Morgan fingerprint density at radius 2 is 2.08 bits per heavy atom. The Hall–Kier alpha value is -1.75. The summed E-state index contributed by atoms with van der Waals surface area (Å²) in [6.07, 6.45) is 1.29. The molecule has 1 aromatic heterocycles. The molecule has 9 heteroatoms. The van der Waals surface area contributed by atoms with E-state index in [1.165, 1.54) is 18.5 Å². The minimum absolute atomic E-state index is 0. The Morgan fingerprint density at radius 1 is 1.38 bits per heavy atom. The number of halogens is 2. The maximum Gasteiger partial charge on any atom is 0.194 e. The second-order valence-corrected chi connectivity index (χ2v) is 5.63. The van der Waals surface area contributed by atoms with E-state index in [9.17, 15) is 4.39 Å². The van der Waals surface area contributed by atoms with Gasteiger partial charge in [-0.15, -0.1) is 24.0 Å². The van der Waals surface area contributed by atoms with Crippen LogP contribution in [0.25, 0.3) is 0 Å². The molecule has 0 spiro atoms. The van der Waals surface area contributed by atoms with E-state index in [4.69, 9.17) is 4.74 Å². The molecule has 2 aromatic rings. The number of methoxy groups -OCH3 is 1. The van der Waals surface area contributed by atoms with E-state index in [1.807, 2.05) is 25.9 Å². The number of hydrogen-bond donors (Lipinski definition) is 1. The molecule has 0 radical (unpaired) electrons. The zero-order valence-corrected chi connectivity index (χ0v) is 17.8. The standard InChI is InChI=1S/C17H25FN6O.HI/c1-5-19-17(23(2)11-16-21-12-22-24(16)3)20-10-15(25-4)13-6-8-14(18)9-7-13;/h6-9,12,15H,5,10-11H2,1-4H3,(H,19,20);1H. The first-order valence-corrected chi connectivity index (χ1v) is 8.15. The molecule has 1 unspecified atom stereocenters. The van der Waals surface area contributed by atoms with E-state index < -0.39 is 0 Å². The third-order valence-corrected chi connectivity index (χ3v) is 3.81. The number of aromatic nitrogens is 3. The molecule has 1 atom stereocenters. The maximum atomic E-state index is 13.1. The quantitative estimate of drug-likeness (QED) is 0.378. The highest BCUT2D eigenvalue weighted by Gasteiger charge is 2.13. The van der Waals surface area contributed by atoms with E-state index in [-0.39, 0.29) is 35.9 Å². The molecule has 0 aliphatic heterocycles. The maximum absolute atomic E-state index is 13.1. The molecule has 0 aliphatic carbocycles. The van der Waals surface area contributed by atoms with E-state index in [0.717, 1.165) is 23.9 Å². The van der Waals surface area contributed by atoms with Crippen LogP contribution in [0.15, 0.2) is 35.6 Å². The van der Waals surface area contributed by atoms with Gasteiger partial charge in [0.15, 0.2) is 5.96 Å². The minimum atomic E-state index is -0.265. The van der Waals surface area contributed by atoms with E-state index in [1.54, 1.807) is 23.9 Å². The highest BCUT2D eigenvalue weighted by molar-refractivity contribution is 14.0. The normalized spacial score (nSPS) is 12.4. The summed E-state index contributed by atoms with van der Waals surface area (Å²) in [6, 6.07) is 6.29. The van der Waals surface area contributed by atoms with Crippen molar-refractivity contribution >= 4 is 29.9 Å².